The van der Waals surface area contributed by atoms with Crippen molar-refractivity contribution in [1.29, 1.82) is 0 Å². The molecule has 0 spiro atoms. The summed E-state index contributed by atoms with van der Waals surface area (Å²) in [6, 6.07) is 8.93. The van der Waals surface area contributed by atoms with E-state index in [1.165, 1.54) is 12.7 Å². The molecule has 0 aromatic heterocycles. The summed E-state index contributed by atoms with van der Waals surface area (Å²) in [6.45, 7) is 3.64. The van der Waals surface area contributed by atoms with Gasteiger partial charge in [0.25, 0.3) is 0 Å². The highest BCUT2D eigenvalue weighted by Gasteiger charge is 2.20. The Bertz CT molecular complexity index is 575. The largest absolute Gasteiger partial charge is 0.469 e. The van der Waals surface area contributed by atoms with Crippen molar-refractivity contribution in [2.45, 2.75) is 31.8 Å². The number of nitrogens with one attached hydrogen (secondary N) is 2. The smallest absolute Gasteiger partial charge is 0.307 e. The summed E-state index contributed by atoms with van der Waals surface area (Å²) < 4.78 is 5.75. The summed E-state index contributed by atoms with van der Waals surface area (Å²) in [5.74, 6) is 0.527. The third kappa shape index (κ3) is 8.22. The molecule has 1 saturated heterocycles. The van der Waals surface area contributed by atoms with Crippen LogP contribution in [0.25, 0.3) is 0 Å². The Balaban J connectivity index is 0.00000338. The molecule has 1 aromatic rings. The quantitative estimate of drug-likeness (QED) is 0.252. The minimum atomic E-state index is -0.218. The highest BCUT2D eigenvalue weighted by molar-refractivity contribution is 14.0. The first-order valence-corrected chi connectivity index (χ1v) is 9.41. The van der Waals surface area contributed by atoms with Gasteiger partial charge in [-0.25, -0.2) is 0 Å². The fourth-order valence-electron chi connectivity index (χ4n) is 2.86. The average Bonchev–Trinajstić information content (AvgIpc) is 2.64. The molecule has 6 nitrogen and oxygen atoms in total. The highest BCUT2D eigenvalue weighted by Crippen LogP contribution is 2.16. The lowest BCUT2D eigenvalue weighted by atomic mass is 10.0. The molecule has 2 N–H and O–H groups in total. The van der Waals surface area contributed by atoms with Gasteiger partial charge >= 0.3 is 5.97 Å². The second-order valence-corrected chi connectivity index (χ2v) is 7.06. The van der Waals surface area contributed by atoms with Crippen molar-refractivity contribution < 1.29 is 9.53 Å². The Labute approximate surface area is 181 Å². The van der Waals surface area contributed by atoms with Crippen LogP contribution in [-0.2, 0) is 16.1 Å². The molecule has 0 saturated carbocycles. The van der Waals surface area contributed by atoms with Crippen LogP contribution in [0.4, 0.5) is 0 Å². The highest BCUT2D eigenvalue weighted by atomic mass is 127. The fraction of sp³-hybridized carbons (Fsp3) is 0.556. The van der Waals surface area contributed by atoms with Crippen LogP contribution < -0.4 is 10.6 Å². The Morgan fingerprint density at radius 1 is 1.31 bits per heavy atom. The van der Waals surface area contributed by atoms with Crippen LogP contribution >= 0.6 is 39.9 Å². The summed E-state index contributed by atoms with van der Waals surface area (Å²) in [5.41, 5.74) is 1.34. The molecule has 26 heavy (non-hydrogen) atoms. The number of hydrogen-bond donors (Lipinski definition) is 2. The number of methoxy groups -OCH3 is 1. The molecule has 1 heterocycles. The van der Waals surface area contributed by atoms with Gasteiger partial charge in [-0.15, -0.1) is 24.0 Å². The molecule has 0 unspecified atom stereocenters. The van der Waals surface area contributed by atoms with Gasteiger partial charge in [-0.1, -0.05) is 28.1 Å². The van der Waals surface area contributed by atoms with Crippen molar-refractivity contribution in [2.24, 2.45) is 4.99 Å². The standard InChI is InChI=1S/C18H27BrN4O2.HI/c1-20-18(21-10-7-17(24)25-2)22-16-8-11-23(12-9-16)13-14-3-5-15(19)6-4-14;/h3-6,16H,7-13H2,1-2H3,(H2,20,21,22);1H. The zero-order valence-electron chi connectivity index (χ0n) is 15.3. The number of guanidine groups is 1. The molecule has 1 aliphatic rings. The van der Waals surface area contributed by atoms with Crippen LogP contribution in [-0.4, -0.2) is 56.7 Å². The number of carbonyl (C=O) groups is 1. The first-order chi connectivity index (χ1) is 12.1. The number of benzene rings is 1. The van der Waals surface area contributed by atoms with Gasteiger partial charge in [-0.2, -0.15) is 0 Å². The van der Waals surface area contributed by atoms with Crippen molar-refractivity contribution in [3.05, 3.63) is 34.3 Å². The summed E-state index contributed by atoms with van der Waals surface area (Å²) in [5, 5.41) is 6.60. The number of carbonyl (C=O) groups excluding carboxylic acids is 1. The van der Waals surface area contributed by atoms with Gasteiger partial charge in [0, 0.05) is 43.7 Å². The number of esters is 1. The van der Waals surface area contributed by atoms with E-state index in [9.17, 15) is 4.79 Å². The molecule has 2 rings (SSSR count). The van der Waals surface area contributed by atoms with Gasteiger partial charge in [0.1, 0.15) is 0 Å². The summed E-state index contributed by atoms with van der Waals surface area (Å²) >= 11 is 3.47. The van der Waals surface area contributed by atoms with Crippen molar-refractivity contribution in [3.63, 3.8) is 0 Å². The molecular weight excluding hydrogens is 511 g/mol. The molecule has 146 valence electrons. The van der Waals surface area contributed by atoms with Crippen LogP contribution in [0.1, 0.15) is 24.8 Å². The van der Waals surface area contributed by atoms with Crippen LogP contribution in [0.3, 0.4) is 0 Å². The Kier molecular flexibility index (Phi) is 11.1. The van der Waals surface area contributed by atoms with E-state index in [2.05, 4.69) is 65.5 Å². The molecule has 0 atom stereocenters. The third-order valence-corrected chi connectivity index (χ3v) is 4.85. The molecule has 0 radical (unpaired) electrons. The molecule has 0 aliphatic carbocycles. The number of aliphatic imine (C=N–C) groups is 1. The molecule has 0 bridgehead atoms. The molecule has 1 aromatic carbocycles. The molecule has 8 heteroatoms. The van der Waals surface area contributed by atoms with Crippen LogP contribution in [0.2, 0.25) is 0 Å². The van der Waals surface area contributed by atoms with E-state index in [-0.39, 0.29) is 29.9 Å². The van der Waals surface area contributed by atoms with E-state index < -0.39 is 0 Å². The minimum Gasteiger partial charge on any atom is -0.469 e. The van der Waals surface area contributed by atoms with Crippen molar-refractivity contribution >= 4 is 51.8 Å². The van der Waals surface area contributed by atoms with E-state index in [1.807, 2.05) is 0 Å². The Morgan fingerprint density at radius 2 is 1.96 bits per heavy atom. The van der Waals surface area contributed by atoms with Gasteiger partial charge < -0.3 is 15.4 Å². The predicted molar refractivity (Wildman–Crippen MR) is 119 cm³/mol. The zero-order valence-corrected chi connectivity index (χ0v) is 19.2. The normalized spacial score (nSPS) is 15.9. The SMILES string of the molecule is CN=C(NCCC(=O)OC)NC1CCN(Cc2ccc(Br)cc2)CC1.I. The Morgan fingerprint density at radius 3 is 2.54 bits per heavy atom. The summed E-state index contributed by atoms with van der Waals surface area (Å²) in [6.07, 6.45) is 2.49. The Hall–Kier alpha value is -0.870. The van der Waals surface area contributed by atoms with E-state index >= 15 is 0 Å². The molecule has 0 amide bonds. The number of rotatable bonds is 6. The van der Waals surface area contributed by atoms with Gasteiger partial charge in [-0.3, -0.25) is 14.7 Å². The average molecular weight is 539 g/mol. The lowest BCUT2D eigenvalue weighted by Gasteiger charge is -2.33. The van der Waals surface area contributed by atoms with Crippen molar-refractivity contribution in [1.82, 2.24) is 15.5 Å². The molecular formula is C18H28BrIN4O2. The van der Waals surface area contributed by atoms with Crippen molar-refractivity contribution in [3.8, 4) is 0 Å². The second kappa shape index (κ2) is 12.5. The summed E-state index contributed by atoms with van der Waals surface area (Å²) in [7, 11) is 3.15. The maximum atomic E-state index is 11.1. The maximum Gasteiger partial charge on any atom is 0.307 e. The number of hydrogen-bond acceptors (Lipinski definition) is 4. The monoisotopic (exact) mass is 538 g/mol. The number of ether oxygens (including phenoxy) is 1. The predicted octanol–water partition coefficient (Wildman–Crippen LogP) is 2.76. The minimum absolute atomic E-state index is 0. The summed E-state index contributed by atoms with van der Waals surface area (Å²) in [4.78, 5) is 17.9. The van der Waals surface area contributed by atoms with Crippen LogP contribution in [0, 0.1) is 0 Å². The van der Waals surface area contributed by atoms with E-state index in [0.717, 1.165) is 42.9 Å². The lowest BCUT2D eigenvalue weighted by Crippen LogP contribution is -2.48. The van der Waals surface area contributed by atoms with Gasteiger partial charge in [0.15, 0.2) is 5.96 Å². The molecule has 1 aliphatic heterocycles. The zero-order chi connectivity index (χ0) is 18.1. The number of likely N-dealkylation sites (tertiary alicyclic amines) is 1. The topological polar surface area (TPSA) is 66.0 Å². The van der Waals surface area contributed by atoms with Gasteiger partial charge in [0.2, 0.25) is 0 Å². The number of piperidine rings is 1. The maximum absolute atomic E-state index is 11.1. The second-order valence-electron chi connectivity index (χ2n) is 6.15. The lowest BCUT2D eigenvalue weighted by molar-refractivity contribution is -0.140. The van der Waals surface area contributed by atoms with Crippen molar-refractivity contribution in [2.75, 3.05) is 33.8 Å². The number of halogens is 2. The number of nitrogens with zero attached hydrogens (tertiary/aromatic N) is 2. The van der Waals surface area contributed by atoms with Crippen LogP contribution in [0.15, 0.2) is 33.7 Å². The van der Waals surface area contributed by atoms with Gasteiger partial charge in [0.05, 0.1) is 13.5 Å². The fourth-order valence-corrected chi connectivity index (χ4v) is 3.12. The third-order valence-electron chi connectivity index (χ3n) is 4.32. The molecule has 1 fully saturated rings. The van der Waals surface area contributed by atoms with E-state index in [1.54, 1.807) is 7.05 Å². The first-order valence-electron chi connectivity index (χ1n) is 8.61. The van der Waals surface area contributed by atoms with E-state index in [0.29, 0.717) is 19.0 Å². The first kappa shape index (κ1) is 23.2. The van der Waals surface area contributed by atoms with Gasteiger partial charge in [-0.05, 0) is 30.5 Å². The van der Waals surface area contributed by atoms with E-state index in [4.69, 9.17) is 0 Å². The van der Waals surface area contributed by atoms with Crippen LogP contribution in [0.5, 0.6) is 0 Å².